The summed E-state index contributed by atoms with van der Waals surface area (Å²) in [6.45, 7) is 0.384. The van der Waals surface area contributed by atoms with E-state index >= 15 is 0 Å². The van der Waals surface area contributed by atoms with Crippen molar-refractivity contribution >= 4 is 49.6 Å². The van der Waals surface area contributed by atoms with E-state index in [1.165, 1.54) is 6.07 Å². The summed E-state index contributed by atoms with van der Waals surface area (Å²) in [5.74, 6) is -2.25. The minimum Gasteiger partial charge on any atom is -0.352 e. The van der Waals surface area contributed by atoms with Crippen LogP contribution in [0.3, 0.4) is 0 Å². The molecule has 0 saturated heterocycles. The first-order valence-electron chi connectivity index (χ1n) is 12.0. The van der Waals surface area contributed by atoms with Crippen LogP contribution in [0.1, 0.15) is 35.3 Å². The number of amides is 2. The maximum atomic E-state index is 13.6. The van der Waals surface area contributed by atoms with Gasteiger partial charge in [0.1, 0.15) is 5.69 Å². The molecule has 2 heterocycles. The van der Waals surface area contributed by atoms with Crippen LogP contribution in [0.2, 0.25) is 0 Å². The third-order valence-corrected chi connectivity index (χ3v) is 8.04. The second kappa shape index (κ2) is 8.96. The van der Waals surface area contributed by atoms with E-state index in [2.05, 4.69) is 36.5 Å². The zero-order chi connectivity index (χ0) is 25.0. The molecule has 36 heavy (non-hydrogen) atoms. The maximum Gasteiger partial charge on any atom is 0.267 e. The van der Waals surface area contributed by atoms with Gasteiger partial charge in [-0.1, -0.05) is 6.07 Å². The summed E-state index contributed by atoms with van der Waals surface area (Å²) < 4.78 is 28.0. The van der Waals surface area contributed by atoms with Crippen LogP contribution in [0.15, 0.2) is 53.1 Å². The molecule has 2 aliphatic rings. The van der Waals surface area contributed by atoms with Crippen molar-refractivity contribution < 1.29 is 18.4 Å². The van der Waals surface area contributed by atoms with Gasteiger partial charge in [0.15, 0.2) is 11.6 Å². The molecule has 3 N–H and O–H groups in total. The van der Waals surface area contributed by atoms with Gasteiger partial charge in [-0.15, -0.1) is 0 Å². The molecule has 0 aliphatic heterocycles. The maximum absolute atomic E-state index is 13.6. The molecule has 2 amide bonds. The number of carbonyl (C=O) groups excluding carboxylic acids is 2. The highest BCUT2D eigenvalue weighted by Crippen LogP contribution is 2.48. The van der Waals surface area contributed by atoms with Crippen molar-refractivity contribution in [1.29, 1.82) is 0 Å². The average molecular weight is 553 g/mol. The first kappa shape index (κ1) is 23.1. The Hall–Kier alpha value is -3.33. The van der Waals surface area contributed by atoms with Gasteiger partial charge in [-0.2, -0.15) is 0 Å². The minimum atomic E-state index is -0.976. The number of benzene rings is 2. The quantitative estimate of drug-likeness (QED) is 0.317. The molecule has 6 nitrogen and oxygen atoms in total. The lowest BCUT2D eigenvalue weighted by Crippen LogP contribution is -2.49. The third kappa shape index (κ3) is 4.15. The van der Waals surface area contributed by atoms with Crippen molar-refractivity contribution in [1.82, 2.24) is 20.6 Å². The molecule has 0 unspecified atom stereocenters. The van der Waals surface area contributed by atoms with Crippen LogP contribution < -0.4 is 10.6 Å². The zero-order valence-corrected chi connectivity index (χ0v) is 20.7. The number of rotatable bonds is 5. The van der Waals surface area contributed by atoms with E-state index in [1.807, 2.05) is 24.3 Å². The van der Waals surface area contributed by atoms with Crippen molar-refractivity contribution in [3.63, 3.8) is 0 Å². The van der Waals surface area contributed by atoms with Gasteiger partial charge in [0.25, 0.3) is 5.91 Å². The predicted molar refractivity (Wildman–Crippen MR) is 135 cm³/mol. The van der Waals surface area contributed by atoms with Crippen LogP contribution in [-0.4, -0.2) is 27.8 Å². The number of nitrogens with zero attached hydrogens (tertiary/aromatic N) is 1. The van der Waals surface area contributed by atoms with Gasteiger partial charge >= 0.3 is 0 Å². The number of aromatic nitrogens is 2. The van der Waals surface area contributed by atoms with E-state index in [0.717, 1.165) is 52.3 Å². The van der Waals surface area contributed by atoms with E-state index in [9.17, 15) is 18.4 Å². The number of carbonyl (C=O) groups is 2. The molecule has 2 saturated carbocycles. The first-order chi connectivity index (χ1) is 17.4. The smallest absolute Gasteiger partial charge is 0.267 e. The number of H-pyrrole nitrogens is 1. The van der Waals surface area contributed by atoms with Crippen LogP contribution in [-0.2, 0) is 11.3 Å². The Morgan fingerprint density at radius 2 is 1.83 bits per heavy atom. The Morgan fingerprint density at radius 3 is 2.69 bits per heavy atom. The first-order valence-corrected chi connectivity index (χ1v) is 12.8. The Bertz CT molecular complexity index is 1480. The Morgan fingerprint density at radius 1 is 1.03 bits per heavy atom. The van der Waals surface area contributed by atoms with Crippen molar-refractivity contribution in [2.24, 2.45) is 17.8 Å². The summed E-state index contributed by atoms with van der Waals surface area (Å²) in [6, 6.07) is 11.2. The second-order valence-electron chi connectivity index (χ2n) is 9.79. The molecule has 2 bridgehead atoms. The fourth-order valence-electron chi connectivity index (χ4n) is 5.93. The van der Waals surface area contributed by atoms with Gasteiger partial charge in [-0.25, -0.2) is 8.78 Å². The molecule has 2 aliphatic carbocycles. The third-order valence-electron chi connectivity index (χ3n) is 7.60. The molecule has 2 aromatic carbocycles. The van der Waals surface area contributed by atoms with Crippen LogP contribution >= 0.6 is 15.9 Å². The van der Waals surface area contributed by atoms with Crippen LogP contribution in [0, 0.1) is 29.4 Å². The van der Waals surface area contributed by atoms with Crippen molar-refractivity contribution in [2.45, 2.75) is 31.8 Å². The molecule has 4 atom stereocenters. The monoisotopic (exact) mass is 552 g/mol. The molecule has 2 aromatic heterocycles. The number of pyridine rings is 1. The van der Waals surface area contributed by atoms with Crippen molar-refractivity contribution in [2.75, 3.05) is 0 Å². The Kier molecular flexibility index (Phi) is 5.75. The molecular formula is C27H23BrF2N4O2. The van der Waals surface area contributed by atoms with Gasteiger partial charge in [-0.05, 0) is 82.9 Å². The summed E-state index contributed by atoms with van der Waals surface area (Å²) in [5, 5.41) is 7.51. The molecule has 0 radical (unpaired) electrons. The van der Waals surface area contributed by atoms with Gasteiger partial charge in [0.05, 0.1) is 11.4 Å². The molecule has 6 rings (SSSR count). The second-order valence-corrected chi connectivity index (χ2v) is 10.7. The fraction of sp³-hybridized carbons (Fsp3) is 0.296. The molecule has 0 spiro atoms. The van der Waals surface area contributed by atoms with Crippen molar-refractivity contribution in [3.05, 3.63) is 76.0 Å². The number of hydrogen-bond donors (Lipinski definition) is 3. The average Bonchev–Trinajstić information content (AvgIpc) is 3.57. The topological polar surface area (TPSA) is 86.9 Å². The lowest BCUT2D eigenvalue weighted by atomic mass is 9.83. The normalized spacial score (nSPS) is 22.9. The standard InChI is InChI=1S/C27H23BrF2N4O2/c28-18-7-16-5-13(1-4-21(16)31-12-18)11-32-27(36)24-14-2-3-15(6-14)25(24)34-26(35)23-9-17-8-19(29)20(30)10-22(17)33-23/h1,4-5,7-10,12,14-15,24-25,33H,2-3,6,11H2,(H,32,36)(H,34,35)/t14-,15+,24+,25+/m1/s1. The highest BCUT2D eigenvalue weighted by atomic mass is 79.9. The number of halogens is 3. The summed E-state index contributed by atoms with van der Waals surface area (Å²) in [6.07, 6.45) is 4.59. The van der Waals surface area contributed by atoms with Gasteiger partial charge in [-0.3, -0.25) is 14.6 Å². The van der Waals surface area contributed by atoms with Gasteiger partial charge in [0, 0.05) is 45.6 Å². The van der Waals surface area contributed by atoms with Crippen LogP contribution in [0.5, 0.6) is 0 Å². The highest BCUT2D eigenvalue weighted by molar-refractivity contribution is 9.10. The van der Waals surface area contributed by atoms with Crippen molar-refractivity contribution in [3.8, 4) is 0 Å². The van der Waals surface area contributed by atoms with E-state index < -0.39 is 11.6 Å². The van der Waals surface area contributed by atoms with E-state index in [0.29, 0.717) is 17.4 Å². The molecular weight excluding hydrogens is 530 g/mol. The lowest BCUT2D eigenvalue weighted by molar-refractivity contribution is -0.127. The fourth-order valence-corrected chi connectivity index (χ4v) is 6.27. The molecule has 4 aromatic rings. The van der Waals surface area contributed by atoms with E-state index in [4.69, 9.17) is 0 Å². The summed E-state index contributed by atoms with van der Waals surface area (Å²) >= 11 is 3.44. The summed E-state index contributed by atoms with van der Waals surface area (Å²) in [4.78, 5) is 33.6. The van der Waals surface area contributed by atoms with E-state index in [-0.39, 0.29) is 41.3 Å². The van der Waals surface area contributed by atoms with Crippen LogP contribution in [0.25, 0.3) is 21.8 Å². The summed E-state index contributed by atoms with van der Waals surface area (Å²) in [5.41, 5.74) is 2.41. The van der Waals surface area contributed by atoms with Gasteiger partial charge in [0.2, 0.25) is 5.91 Å². The van der Waals surface area contributed by atoms with Gasteiger partial charge < -0.3 is 15.6 Å². The number of fused-ring (bicyclic) bond motifs is 4. The number of nitrogens with one attached hydrogen (secondary N) is 3. The number of aromatic amines is 1. The Balaban J connectivity index is 1.17. The number of hydrogen-bond acceptors (Lipinski definition) is 3. The molecule has 9 heteroatoms. The minimum absolute atomic E-state index is 0.0687. The Labute approximate surface area is 214 Å². The zero-order valence-electron chi connectivity index (χ0n) is 19.2. The molecule has 2 fully saturated rings. The SMILES string of the molecule is O=C(N[C@H]1[C@H]2CC[C@H](C2)[C@@H]1C(=O)NCc1ccc2ncc(Br)cc2c1)c1cc2cc(F)c(F)cc2[nH]1. The predicted octanol–water partition coefficient (Wildman–Crippen LogP) is 5.22. The van der Waals surface area contributed by atoms with Crippen LogP contribution in [0.4, 0.5) is 8.78 Å². The molecule has 184 valence electrons. The lowest BCUT2D eigenvalue weighted by Gasteiger charge is -2.30. The highest BCUT2D eigenvalue weighted by Gasteiger charge is 2.51. The largest absolute Gasteiger partial charge is 0.352 e. The summed E-state index contributed by atoms with van der Waals surface area (Å²) in [7, 11) is 0. The van der Waals surface area contributed by atoms with E-state index in [1.54, 1.807) is 6.20 Å².